The molecule has 2 aliphatic heterocycles. The molecule has 2 aliphatic rings. The van der Waals surface area contributed by atoms with Crippen molar-refractivity contribution >= 4 is 17.9 Å². The number of carbonyl (C=O) groups excluding carboxylic acids is 2. The fourth-order valence-corrected chi connectivity index (χ4v) is 3.18. The highest BCUT2D eigenvalue weighted by Gasteiger charge is 2.40. The molecule has 5 heteroatoms. The van der Waals surface area contributed by atoms with Crippen LogP contribution in [0.5, 0.6) is 0 Å². The van der Waals surface area contributed by atoms with Crippen molar-refractivity contribution in [2.75, 3.05) is 39.8 Å². The number of hydrogen-bond donors (Lipinski definition) is 0. The van der Waals surface area contributed by atoms with E-state index in [2.05, 4.69) is 34.1 Å². The number of likely N-dealkylation sites (tertiary alicyclic amines) is 1. The summed E-state index contributed by atoms with van der Waals surface area (Å²) in [7, 11) is 1.58. The third kappa shape index (κ3) is 3.68. The average Bonchev–Trinajstić information content (AvgIpc) is 2.84. The number of amides is 2. The highest BCUT2D eigenvalue weighted by atomic mass is 16.2. The van der Waals surface area contributed by atoms with Gasteiger partial charge in [-0.25, -0.2) is 0 Å². The zero-order valence-corrected chi connectivity index (χ0v) is 13.5. The first-order chi connectivity index (χ1) is 11.1. The maximum atomic E-state index is 12.1. The minimum atomic E-state index is -0.241. The summed E-state index contributed by atoms with van der Waals surface area (Å²) in [6.45, 7) is 4.47. The van der Waals surface area contributed by atoms with Crippen molar-refractivity contribution in [3.05, 3.63) is 42.0 Å². The molecule has 2 saturated heterocycles. The Labute approximate surface area is 137 Å². The topological polar surface area (TPSA) is 43.9 Å². The Balaban J connectivity index is 1.46. The lowest BCUT2D eigenvalue weighted by atomic mass is 10.1. The van der Waals surface area contributed by atoms with Crippen LogP contribution in [-0.2, 0) is 9.59 Å². The van der Waals surface area contributed by atoms with Gasteiger partial charge in [-0.3, -0.25) is 24.3 Å². The first-order valence-corrected chi connectivity index (χ1v) is 8.13. The molecule has 0 bridgehead atoms. The fourth-order valence-electron chi connectivity index (χ4n) is 3.18. The van der Waals surface area contributed by atoms with Gasteiger partial charge >= 0.3 is 0 Å². The molecule has 2 heterocycles. The van der Waals surface area contributed by atoms with Crippen LogP contribution < -0.4 is 0 Å². The molecular formula is C18H23N3O2. The van der Waals surface area contributed by atoms with E-state index in [4.69, 9.17) is 0 Å². The molecule has 0 aromatic heterocycles. The highest BCUT2D eigenvalue weighted by Crippen LogP contribution is 2.18. The SMILES string of the molecule is CN1C(=O)C[C@H](N2CCN(C/C=C\c3ccccc3)CC2)C1=O. The van der Waals surface area contributed by atoms with Gasteiger partial charge in [0.05, 0.1) is 12.5 Å². The molecule has 2 amide bonds. The highest BCUT2D eigenvalue weighted by molar-refractivity contribution is 6.05. The van der Waals surface area contributed by atoms with E-state index in [1.165, 1.54) is 10.5 Å². The lowest BCUT2D eigenvalue weighted by molar-refractivity contribution is -0.138. The van der Waals surface area contributed by atoms with Gasteiger partial charge in [0, 0.05) is 39.8 Å². The van der Waals surface area contributed by atoms with Crippen molar-refractivity contribution in [2.24, 2.45) is 0 Å². The predicted octanol–water partition coefficient (Wildman–Crippen LogP) is 1.07. The molecule has 1 atom stereocenters. The summed E-state index contributed by atoms with van der Waals surface area (Å²) in [6, 6.07) is 10.0. The van der Waals surface area contributed by atoms with E-state index in [1.54, 1.807) is 7.05 Å². The van der Waals surface area contributed by atoms with Crippen molar-refractivity contribution in [2.45, 2.75) is 12.5 Å². The van der Waals surface area contributed by atoms with Crippen LogP contribution >= 0.6 is 0 Å². The number of imide groups is 1. The van der Waals surface area contributed by atoms with Crippen molar-refractivity contribution < 1.29 is 9.59 Å². The molecule has 0 saturated carbocycles. The smallest absolute Gasteiger partial charge is 0.246 e. The molecular weight excluding hydrogens is 290 g/mol. The Bertz CT molecular complexity index is 592. The van der Waals surface area contributed by atoms with E-state index in [1.807, 2.05) is 18.2 Å². The quantitative estimate of drug-likeness (QED) is 0.780. The van der Waals surface area contributed by atoms with Crippen LogP contribution in [0.4, 0.5) is 0 Å². The summed E-state index contributed by atoms with van der Waals surface area (Å²) in [5, 5.41) is 0. The van der Waals surface area contributed by atoms with Crippen LogP contribution in [0.3, 0.4) is 0 Å². The number of likely N-dealkylation sites (N-methyl/N-ethyl adjacent to an activating group) is 1. The summed E-state index contributed by atoms with van der Waals surface area (Å²) in [4.78, 5) is 29.5. The Morgan fingerprint density at radius 1 is 1.09 bits per heavy atom. The molecule has 0 unspecified atom stereocenters. The van der Waals surface area contributed by atoms with Crippen LogP contribution in [0, 0.1) is 0 Å². The Hall–Kier alpha value is -1.98. The van der Waals surface area contributed by atoms with Gasteiger partial charge in [-0.2, -0.15) is 0 Å². The lowest BCUT2D eigenvalue weighted by Gasteiger charge is -2.36. The van der Waals surface area contributed by atoms with E-state index in [0.29, 0.717) is 6.42 Å². The maximum Gasteiger partial charge on any atom is 0.246 e. The normalized spacial score (nSPS) is 24.0. The zero-order chi connectivity index (χ0) is 16.2. The number of rotatable bonds is 4. The first kappa shape index (κ1) is 15.9. The van der Waals surface area contributed by atoms with Crippen molar-refractivity contribution in [3.63, 3.8) is 0 Å². The third-order valence-electron chi connectivity index (χ3n) is 4.68. The van der Waals surface area contributed by atoms with Gasteiger partial charge in [-0.1, -0.05) is 42.5 Å². The van der Waals surface area contributed by atoms with E-state index in [0.717, 1.165) is 32.7 Å². The molecule has 1 aromatic carbocycles. The van der Waals surface area contributed by atoms with E-state index in [-0.39, 0.29) is 17.9 Å². The van der Waals surface area contributed by atoms with Gasteiger partial charge in [-0.15, -0.1) is 0 Å². The summed E-state index contributed by atoms with van der Waals surface area (Å²) in [5.74, 6) is -0.111. The third-order valence-corrected chi connectivity index (χ3v) is 4.68. The summed E-state index contributed by atoms with van der Waals surface area (Å²) >= 11 is 0. The second-order valence-electron chi connectivity index (χ2n) is 6.16. The van der Waals surface area contributed by atoms with Crippen LogP contribution in [0.15, 0.2) is 36.4 Å². The van der Waals surface area contributed by atoms with Crippen LogP contribution in [-0.4, -0.2) is 72.3 Å². The van der Waals surface area contributed by atoms with Gasteiger partial charge in [0.15, 0.2) is 0 Å². The predicted molar refractivity (Wildman–Crippen MR) is 89.7 cm³/mol. The van der Waals surface area contributed by atoms with Crippen molar-refractivity contribution in [1.82, 2.24) is 14.7 Å². The number of nitrogens with zero attached hydrogens (tertiary/aromatic N) is 3. The number of piperazine rings is 1. The lowest BCUT2D eigenvalue weighted by Crippen LogP contribution is -2.52. The van der Waals surface area contributed by atoms with E-state index in [9.17, 15) is 9.59 Å². The average molecular weight is 313 g/mol. The van der Waals surface area contributed by atoms with Crippen LogP contribution in [0.1, 0.15) is 12.0 Å². The summed E-state index contributed by atoms with van der Waals surface area (Å²) in [6.07, 6.45) is 4.66. The molecule has 122 valence electrons. The standard InChI is InChI=1S/C18H23N3O2/c1-19-17(22)14-16(18(19)23)21-12-10-20(11-13-21)9-5-8-15-6-3-2-4-7-15/h2-8,16H,9-14H2,1H3/b8-5-/t16-/m0/s1. The minimum Gasteiger partial charge on any atom is -0.297 e. The molecule has 0 spiro atoms. The molecule has 23 heavy (non-hydrogen) atoms. The number of benzene rings is 1. The second-order valence-corrected chi connectivity index (χ2v) is 6.16. The van der Waals surface area contributed by atoms with Gasteiger partial charge in [0.2, 0.25) is 11.8 Å². The van der Waals surface area contributed by atoms with Gasteiger partial charge in [0.1, 0.15) is 0 Å². The molecule has 3 rings (SSSR count). The van der Waals surface area contributed by atoms with Crippen LogP contribution in [0.2, 0.25) is 0 Å². The summed E-state index contributed by atoms with van der Waals surface area (Å²) < 4.78 is 0. The molecule has 2 fully saturated rings. The van der Waals surface area contributed by atoms with Crippen molar-refractivity contribution in [3.8, 4) is 0 Å². The molecule has 5 nitrogen and oxygen atoms in total. The van der Waals surface area contributed by atoms with Gasteiger partial charge < -0.3 is 0 Å². The van der Waals surface area contributed by atoms with E-state index >= 15 is 0 Å². The second kappa shape index (κ2) is 7.06. The Morgan fingerprint density at radius 3 is 2.39 bits per heavy atom. The van der Waals surface area contributed by atoms with Crippen molar-refractivity contribution in [1.29, 1.82) is 0 Å². The Morgan fingerprint density at radius 2 is 1.78 bits per heavy atom. The molecule has 0 radical (unpaired) electrons. The molecule has 1 aromatic rings. The maximum absolute atomic E-state index is 12.1. The molecule has 0 aliphatic carbocycles. The van der Waals surface area contributed by atoms with Gasteiger partial charge in [0.25, 0.3) is 0 Å². The zero-order valence-electron chi connectivity index (χ0n) is 13.5. The fraction of sp³-hybridized carbons (Fsp3) is 0.444. The van der Waals surface area contributed by atoms with Crippen LogP contribution in [0.25, 0.3) is 6.08 Å². The van der Waals surface area contributed by atoms with Gasteiger partial charge in [-0.05, 0) is 5.56 Å². The van der Waals surface area contributed by atoms with E-state index < -0.39 is 0 Å². The minimum absolute atomic E-state index is 0.0487. The number of hydrogen-bond acceptors (Lipinski definition) is 4. The largest absolute Gasteiger partial charge is 0.297 e. The first-order valence-electron chi connectivity index (χ1n) is 8.13. The number of carbonyl (C=O) groups is 2. The monoisotopic (exact) mass is 313 g/mol. The Kier molecular flexibility index (Phi) is 4.88. The summed E-state index contributed by atoms with van der Waals surface area (Å²) in [5.41, 5.74) is 1.21. The molecule has 0 N–H and O–H groups in total.